The maximum absolute atomic E-state index is 10.6. The minimum Gasteiger partial charge on any atom is -0.493 e. The molecule has 2 nitrogen and oxygen atoms in total. The van der Waals surface area contributed by atoms with Crippen molar-refractivity contribution in [1.82, 2.24) is 0 Å². The van der Waals surface area contributed by atoms with E-state index in [0.29, 0.717) is 17.9 Å². The summed E-state index contributed by atoms with van der Waals surface area (Å²) < 4.78 is 6.50. The molecule has 1 rings (SSSR count). The summed E-state index contributed by atoms with van der Waals surface area (Å²) in [6.07, 6.45) is 1.77. The van der Waals surface area contributed by atoms with Crippen molar-refractivity contribution in [2.45, 2.75) is 13.3 Å². The molecular weight excluding hydrogens is 279 g/mol. The normalized spacial score (nSPS) is 9.69. The van der Waals surface area contributed by atoms with Crippen LogP contribution < -0.4 is 4.74 Å². The van der Waals surface area contributed by atoms with E-state index in [1.54, 1.807) is 6.07 Å². The van der Waals surface area contributed by atoms with Gasteiger partial charge in [0.2, 0.25) is 0 Å². The molecule has 0 aliphatic rings. The van der Waals surface area contributed by atoms with Crippen LogP contribution in [0.1, 0.15) is 23.7 Å². The Bertz CT molecular complexity index is 297. The van der Waals surface area contributed by atoms with Crippen molar-refractivity contribution in [1.29, 1.82) is 0 Å². The molecule has 0 fully saturated rings. The quantitative estimate of drug-likeness (QED) is 0.629. The first kappa shape index (κ1) is 10.5. The molecule has 70 valence electrons. The molecule has 13 heavy (non-hydrogen) atoms. The largest absolute Gasteiger partial charge is 0.493 e. The molecule has 0 saturated heterocycles. The highest BCUT2D eigenvalue weighted by Crippen LogP contribution is 2.20. The molecule has 0 saturated carbocycles. The Kier molecular flexibility index (Phi) is 4.21. The zero-order chi connectivity index (χ0) is 9.68. The van der Waals surface area contributed by atoms with Gasteiger partial charge in [0.25, 0.3) is 0 Å². The van der Waals surface area contributed by atoms with Crippen molar-refractivity contribution in [2.75, 3.05) is 6.61 Å². The number of halogens is 1. The lowest BCUT2D eigenvalue weighted by Crippen LogP contribution is -1.98. The fourth-order valence-electron chi connectivity index (χ4n) is 0.943. The molecule has 3 heteroatoms. The molecule has 0 unspecified atom stereocenters. The molecule has 0 radical (unpaired) electrons. The monoisotopic (exact) mass is 290 g/mol. The summed E-state index contributed by atoms with van der Waals surface area (Å²) in [5, 5.41) is 0. The van der Waals surface area contributed by atoms with Gasteiger partial charge in [-0.25, -0.2) is 0 Å². The maximum Gasteiger partial charge on any atom is 0.153 e. The molecule has 0 bridgehead atoms. The standard InChI is InChI=1S/C10H11IO2/c1-2-5-13-10-6-9(11)4-3-8(10)7-12/h3-4,6-7H,2,5H2,1H3. The number of hydrogen-bond donors (Lipinski definition) is 0. The van der Waals surface area contributed by atoms with Crippen LogP contribution in [0, 0.1) is 3.57 Å². The van der Waals surface area contributed by atoms with Crippen molar-refractivity contribution in [3.05, 3.63) is 27.3 Å². The fourth-order valence-corrected chi connectivity index (χ4v) is 1.41. The molecule has 0 heterocycles. The van der Waals surface area contributed by atoms with E-state index in [2.05, 4.69) is 22.6 Å². The average Bonchev–Trinajstić information content (AvgIpc) is 2.15. The van der Waals surface area contributed by atoms with Crippen LogP contribution in [0.15, 0.2) is 18.2 Å². The summed E-state index contributed by atoms with van der Waals surface area (Å²) in [5.41, 5.74) is 0.619. The lowest BCUT2D eigenvalue weighted by atomic mass is 10.2. The highest BCUT2D eigenvalue weighted by atomic mass is 127. The summed E-state index contributed by atoms with van der Waals surface area (Å²) in [6, 6.07) is 5.54. The van der Waals surface area contributed by atoms with E-state index in [0.717, 1.165) is 16.3 Å². The number of ether oxygens (including phenoxy) is 1. The lowest BCUT2D eigenvalue weighted by molar-refractivity contribution is 0.111. The Morgan fingerprint density at radius 1 is 1.54 bits per heavy atom. The molecule has 0 aliphatic heterocycles. The molecule has 0 spiro atoms. The number of carbonyl (C=O) groups is 1. The number of aldehydes is 1. The topological polar surface area (TPSA) is 26.3 Å². The van der Waals surface area contributed by atoms with Crippen molar-refractivity contribution in [3.63, 3.8) is 0 Å². The number of carbonyl (C=O) groups excluding carboxylic acids is 1. The summed E-state index contributed by atoms with van der Waals surface area (Å²) in [4.78, 5) is 10.6. The van der Waals surface area contributed by atoms with Crippen LogP contribution in [0.4, 0.5) is 0 Å². The second-order valence-electron chi connectivity index (χ2n) is 2.65. The van der Waals surface area contributed by atoms with Crippen LogP contribution in [-0.4, -0.2) is 12.9 Å². The second kappa shape index (κ2) is 5.21. The fraction of sp³-hybridized carbons (Fsp3) is 0.300. The second-order valence-corrected chi connectivity index (χ2v) is 3.89. The molecule has 1 aromatic carbocycles. The van der Waals surface area contributed by atoms with Crippen molar-refractivity contribution >= 4 is 28.9 Å². The molecule has 0 aromatic heterocycles. The van der Waals surface area contributed by atoms with Gasteiger partial charge >= 0.3 is 0 Å². The van der Waals surface area contributed by atoms with Crippen LogP contribution in [-0.2, 0) is 0 Å². The van der Waals surface area contributed by atoms with E-state index >= 15 is 0 Å². The smallest absolute Gasteiger partial charge is 0.153 e. The summed E-state index contributed by atoms with van der Waals surface area (Å²) in [5.74, 6) is 0.684. The minimum absolute atomic E-state index is 0.619. The third-order valence-corrected chi connectivity index (χ3v) is 2.24. The zero-order valence-corrected chi connectivity index (χ0v) is 9.58. The Morgan fingerprint density at radius 3 is 2.92 bits per heavy atom. The van der Waals surface area contributed by atoms with Gasteiger partial charge in [-0.15, -0.1) is 0 Å². The highest BCUT2D eigenvalue weighted by Gasteiger charge is 2.02. The van der Waals surface area contributed by atoms with Crippen LogP contribution in [0.5, 0.6) is 5.75 Å². The Morgan fingerprint density at radius 2 is 2.31 bits per heavy atom. The van der Waals surface area contributed by atoms with Crippen LogP contribution >= 0.6 is 22.6 Å². The van der Waals surface area contributed by atoms with Gasteiger partial charge in [-0.3, -0.25) is 4.79 Å². The maximum atomic E-state index is 10.6. The molecular formula is C10H11IO2. The Hall–Kier alpha value is -0.580. The van der Waals surface area contributed by atoms with E-state index in [1.807, 2.05) is 19.1 Å². The Balaban J connectivity index is 2.87. The minimum atomic E-state index is 0.619. The first-order valence-electron chi connectivity index (χ1n) is 4.15. The van der Waals surface area contributed by atoms with Gasteiger partial charge in [0, 0.05) is 3.57 Å². The van der Waals surface area contributed by atoms with Gasteiger partial charge in [-0.2, -0.15) is 0 Å². The molecule has 0 aliphatic carbocycles. The van der Waals surface area contributed by atoms with Gasteiger partial charge < -0.3 is 4.74 Å². The van der Waals surface area contributed by atoms with Crippen LogP contribution in [0.25, 0.3) is 0 Å². The first-order chi connectivity index (χ1) is 6.27. The zero-order valence-electron chi connectivity index (χ0n) is 7.42. The SMILES string of the molecule is CCCOc1cc(I)ccc1C=O. The van der Waals surface area contributed by atoms with E-state index in [4.69, 9.17) is 4.74 Å². The predicted molar refractivity (Wildman–Crippen MR) is 60.3 cm³/mol. The van der Waals surface area contributed by atoms with Gasteiger partial charge in [-0.1, -0.05) is 6.92 Å². The van der Waals surface area contributed by atoms with Crippen molar-refractivity contribution in [3.8, 4) is 5.75 Å². The molecule has 0 atom stereocenters. The molecule has 1 aromatic rings. The van der Waals surface area contributed by atoms with E-state index in [-0.39, 0.29) is 0 Å². The van der Waals surface area contributed by atoms with E-state index < -0.39 is 0 Å². The summed E-state index contributed by atoms with van der Waals surface area (Å²) in [6.45, 7) is 2.69. The van der Waals surface area contributed by atoms with Gasteiger partial charge in [0.1, 0.15) is 5.75 Å². The third-order valence-electron chi connectivity index (χ3n) is 1.56. The number of rotatable bonds is 4. The van der Waals surface area contributed by atoms with E-state index in [9.17, 15) is 4.79 Å². The van der Waals surface area contributed by atoms with Crippen molar-refractivity contribution in [2.24, 2.45) is 0 Å². The summed E-state index contributed by atoms with van der Waals surface area (Å²) in [7, 11) is 0. The lowest BCUT2D eigenvalue weighted by Gasteiger charge is -2.06. The third kappa shape index (κ3) is 2.99. The van der Waals surface area contributed by atoms with Crippen molar-refractivity contribution < 1.29 is 9.53 Å². The van der Waals surface area contributed by atoms with Gasteiger partial charge in [0.05, 0.1) is 12.2 Å². The van der Waals surface area contributed by atoms with Gasteiger partial charge in [-0.05, 0) is 47.2 Å². The molecule has 0 amide bonds. The molecule has 0 N–H and O–H groups in total. The highest BCUT2D eigenvalue weighted by molar-refractivity contribution is 14.1. The van der Waals surface area contributed by atoms with Gasteiger partial charge in [0.15, 0.2) is 6.29 Å². The van der Waals surface area contributed by atoms with E-state index in [1.165, 1.54) is 0 Å². The average molecular weight is 290 g/mol. The first-order valence-corrected chi connectivity index (χ1v) is 5.23. The van der Waals surface area contributed by atoms with Crippen LogP contribution in [0.3, 0.4) is 0 Å². The Labute approximate surface area is 91.4 Å². The number of benzene rings is 1. The summed E-state index contributed by atoms with van der Waals surface area (Å²) >= 11 is 2.19. The number of hydrogen-bond acceptors (Lipinski definition) is 2. The van der Waals surface area contributed by atoms with Crippen LogP contribution in [0.2, 0.25) is 0 Å². The predicted octanol–water partition coefficient (Wildman–Crippen LogP) is 2.89.